The summed E-state index contributed by atoms with van der Waals surface area (Å²) in [5.41, 5.74) is 5.01. The van der Waals surface area contributed by atoms with Gasteiger partial charge < -0.3 is 10.1 Å². The Bertz CT molecular complexity index is 1530. The third kappa shape index (κ3) is 4.47. The summed E-state index contributed by atoms with van der Waals surface area (Å²) in [5.74, 6) is 0.908. The number of ether oxygens (including phenoxy) is 1. The first-order chi connectivity index (χ1) is 17.6. The summed E-state index contributed by atoms with van der Waals surface area (Å²) in [7, 11) is 0. The summed E-state index contributed by atoms with van der Waals surface area (Å²) in [4.78, 5) is 17.1. The highest BCUT2D eigenvalue weighted by Gasteiger charge is 2.23. The van der Waals surface area contributed by atoms with Gasteiger partial charge in [0.25, 0.3) is 0 Å². The van der Waals surface area contributed by atoms with Crippen molar-refractivity contribution in [2.24, 2.45) is 5.92 Å². The molecule has 3 heterocycles. The minimum Gasteiger partial charge on any atom is -0.489 e. The van der Waals surface area contributed by atoms with Crippen molar-refractivity contribution in [2.75, 3.05) is 19.7 Å². The molecule has 8 nitrogen and oxygen atoms in total. The number of aromatic nitrogens is 3. The van der Waals surface area contributed by atoms with Crippen LogP contribution in [0.15, 0.2) is 59.4 Å². The van der Waals surface area contributed by atoms with Crippen molar-refractivity contribution in [3.05, 3.63) is 82.1 Å². The van der Waals surface area contributed by atoms with Crippen molar-refractivity contribution < 1.29 is 4.74 Å². The Morgan fingerprint density at radius 3 is 2.61 bits per heavy atom. The van der Waals surface area contributed by atoms with Crippen molar-refractivity contribution in [2.45, 2.75) is 26.3 Å². The van der Waals surface area contributed by atoms with Crippen LogP contribution in [0.1, 0.15) is 18.4 Å². The van der Waals surface area contributed by atoms with Crippen LogP contribution in [0.4, 0.5) is 5.69 Å². The van der Waals surface area contributed by atoms with Crippen LogP contribution < -0.4 is 15.7 Å². The number of benzene rings is 2. The fourth-order valence-electron chi connectivity index (χ4n) is 4.56. The van der Waals surface area contributed by atoms with Crippen LogP contribution in [0, 0.1) is 30.7 Å². The lowest BCUT2D eigenvalue weighted by Gasteiger charge is -2.17. The minimum atomic E-state index is -0.317. The highest BCUT2D eigenvalue weighted by molar-refractivity contribution is 5.85. The van der Waals surface area contributed by atoms with Crippen LogP contribution in [0.3, 0.4) is 0 Å². The second-order valence-electron chi connectivity index (χ2n) is 9.04. The number of fused-ring (bicyclic) bond motifs is 1. The smallest absolute Gasteiger partial charge is 0.351 e. The van der Waals surface area contributed by atoms with Crippen LogP contribution in [0.25, 0.3) is 32.9 Å². The summed E-state index contributed by atoms with van der Waals surface area (Å²) in [6.45, 7) is 11.9. The molecule has 0 spiro atoms. The third-order valence-corrected chi connectivity index (χ3v) is 6.52. The first-order valence-electron chi connectivity index (χ1n) is 12.0. The molecule has 1 aliphatic rings. The molecule has 0 radical (unpaired) electrons. The van der Waals surface area contributed by atoms with Crippen molar-refractivity contribution in [1.29, 1.82) is 5.26 Å². The Kier molecular flexibility index (Phi) is 6.53. The van der Waals surface area contributed by atoms with Gasteiger partial charge in [0.2, 0.25) is 5.65 Å². The molecule has 0 amide bonds. The molecule has 1 fully saturated rings. The van der Waals surface area contributed by atoms with Gasteiger partial charge in [-0.15, -0.1) is 5.10 Å². The zero-order valence-electron chi connectivity index (χ0n) is 20.1. The molecule has 1 saturated heterocycles. The molecule has 180 valence electrons. The number of rotatable bonds is 7. The summed E-state index contributed by atoms with van der Waals surface area (Å²) in [5, 5.41) is 17.0. The molecule has 2 aromatic heterocycles. The average Bonchev–Trinajstić information content (AvgIpc) is 3.54. The molecule has 36 heavy (non-hydrogen) atoms. The van der Waals surface area contributed by atoms with E-state index in [0.717, 1.165) is 41.8 Å². The fourth-order valence-corrected chi connectivity index (χ4v) is 4.56. The van der Waals surface area contributed by atoms with E-state index in [0.29, 0.717) is 35.3 Å². The van der Waals surface area contributed by atoms with E-state index in [1.165, 1.54) is 4.68 Å². The normalized spacial score (nSPS) is 15.0. The Morgan fingerprint density at radius 1 is 1.19 bits per heavy atom. The van der Waals surface area contributed by atoms with Gasteiger partial charge in [0.05, 0.1) is 37.9 Å². The second kappa shape index (κ2) is 10.1. The van der Waals surface area contributed by atoms with Crippen molar-refractivity contribution in [3.8, 4) is 34.2 Å². The molecule has 2 aromatic carbocycles. The number of pyridine rings is 1. The van der Waals surface area contributed by atoms with Crippen LogP contribution >= 0.6 is 0 Å². The molecule has 1 N–H and O–H groups in total. The molecule has 4 aromatic rings. The van der Waals surface area contributed by atoms with Gasteiger partial charge >= 0.3 is 5.69 Å². The number of hydrogen-bond donors (Lipinski definition) is 1. The molecular formula is C28H26N6O2. The summed E-state index contributed by atoms with van der Waals surface area (Å²) < 4.78 is 9.24. The Hall–Kier alpha value is -4.40. The SMILES string of the molecule is [C-]#[N+]c1ccc(-c2cc(OC[C@@H]3CCNC3)c3nn(CCC#N)c(=O)n3c2-c2ccc(C)cc2)cc1. The molecule has 0 aliphatic carbocycles. The van der Waals surface area contributed by atoms with Gasteiger partial charge in [0, 0.05) is 18.0 Å². The molecular weight excluding hydrogens is 452 g/mol. The summed E-state index contributed by atoms with van der Waals surface area (Å²) in [6, 6.07) is 19.4. The number of aryl methyl sites for hydroxylation is 2. The van der Waals surface area contributed by atoms with Gasteiger partial charge in [-0.05, 0) is 37.1 Å². The maximum absolute atomic E-state index is 13.6. The van der Waals surface area contributed by atoms with Gasteiger partial charge in [-0.3, -0.25) is 0 Å². The fraction of sp³-hybridized carbons (Fsp3) is 0.286. The van der Waals surface area contributed by atoms with Gasteiger partial charge in [-0.1, -0.05) is 54.1 Å². The Morgan fingerprint density at radius 2 is 1.94 bits per heavy atom. The lowest BCUT2D eigenvalue weighted by atomic mass is 9.98. The molecule has 5 rings (SSSR count). The van der Waals surface area contributed by atoms with E-state index in [9.17, 15) is 4.79 Å². The Labute approximate surface area is 209 Å². The summed E-state index contributed by atoms with van der Waals surface area (Å²) >= 11 is 0. The highest BCUT2D eigenvalue weighted by atomic mass is 16.5. The standard InChI is InChI=1S/C28H26N6O2/c1-19-4-6-22(7-5-19)26-24(21-8-10-23(30-2)11-9-21)16-25(36-18-20-12-14-31-17-20)27-32-33(15-3-13-29)28(35)34(26)27/h4-11,16,20,31H,3,12,14-15,17-18H2,1H3/t20-/m1/s1. The van der Waals surface area contributed by atoms with Gasteiger partial charge in [-0.25, -0.2) is 18.7 Å². The third-order valence-electron chi connectivity index (χ3n) is 6.52. The predicted octanol–water partition coefficient (Wildman–Crippen LogP) is 4.59. The molecule has 1 aliphatic heterocycles. The second-order valence-corrected chi connectivity index (χ2v) is 9.04. The largest absolute Gasteiger partial charge is 0.489 e. The number of nitrogens with one attached hydrogen (secondary N) is 1. The monoisotopic (exact) mass is 478 g/mol. The van der Waals surface area contributed by atoms with E-state index in [1.807, 2.05) is 49.4 Å². The zero-order chi connectivity index (χ0) is 25.1. The number of hydrogen-bond acceptors (Lipinski definition) is 5. The van der Waals surface area contributed by atoms with Gasteiger partial charge in [0.1, 0.15) is 0 Å². The zero-order valence-corrected chi connectivity index (χ0v) is 20.1. The van der Waals surface area contributed by atoms with E-state index < -0.39 is 0 Å². The van der Waals surface area contributed by atoms with E-state index in [-0.39, 0.29) is 18.7 Å². The van der Waals surface area contributed by atoms with Crippen LogP contribution in [0.2, 0.25) is 0 Å². The Balaban J connectivity index is 1.77. The van der Waals surface area contributed by atoms with E-state index in [1.54, 1.807) is 16.5 Å². The molecule has 1 atom stereocenters. The van der Waals surface area contributed by atoms with Crippen LogP contribution in [-0.4, -0.2) is 33.9 Å². The minimum absolute atomic E-state index is 0.179. The summed E-state index contributed by atoms with van der Waals surface area (Å²) in [6.07, 6.45) is 1.21. The van der Waals surface area contributed by atoms with Gasteiger partial charge in [-0.2, -0.15) is 5.26 Å². The first kappa shape index (κ1) is 23.3. The number of nitriles is 1. The lowest BCUT2D eigenvalue weighted by Crippen LogP contribution is -2.22. The highest BCUT2D eigenvalue weighted by Crippen LogP contribution is 2.37. The quantitative estimate of drug-likeness (QED) is 0.393. The number of nitrogens with zero attached hydrogens (tertiary/aromatic N) is 5. The van der Waals surface area contributed by atoms with E-state index >= 15 is 0 Å². The molecule has 8 heteroatoms. The van der Waals surface area contributed by atoms with Crippen molar-refractivity contribution >= 4 is 11.3 Å². The average molecular weight is 479 g/mol. The van der Waals surface area contributed by atoms with Gasteiger partial charge in [0.15, 0.2) is 11.4 Å². The van der Waals surface area contributed by atoms with Crippen molar-refractivity contribution in [3.63, 3.8) is 0 Å². The lowest BCUT2D eigenvalue weighted by molar-refractivity contribution is 0.261. The van der Waals surface area contributed by atoms with Crippen LogP contribution in [-0.2, 0) is 6.54 Å². The maximum atomic E-state index is 13.6. The van der Waals surface area contributed by atoms with E-state index in [4.69, 9.17) is 16.6 Å². The van der Waals surface area contributed by atoms with Crippen LogP contribution in [0.5, 0.6) is 5.75 Å². The van der Waals surface area contributed by atoms with Crippen molar-refractivity contribution in [1.82, 2.24) is 19.5 Å². The molecule has 0 bridgehead atoms. The molecule has 0 saturated carbocycles. The first-order valence-corrected chi connectivity index (χ1v) is 12.0. The topological polar surface area (TPSA) is 88.7 Å². The predicted molar refractivity (Wildman–Crippen MR) is 138 cm³/mol. The molecule has 0 unspecified atom stereocenters. The van der Waals surface area contributed by atoms with E-state index in [2.05, 4.69) is 21.3 Å². The maximum Gasteiger partial charge on any atom is 0.351 e.